The molecule has 0 saturated heterocycles. The molecule has 0 saturated carbocycles. The fourth-order valence-corrected chi connectivity index (χ4v) is 1.10. The van der Waals surface area contributed by atoms with Gasteiger partial charge in [0, 0.05) is 6.42 Å². The minimum absolute atomic E-state index is 0.121. The lowest BCUT2D eigenvalue weighted by molar-refractivity contribution is -0.164. The first kappa shape index (κ1) is 11.8. The van der Waals surface area contributed by atoms with Gasteiger partial charge in [0.25, 0.3) is 0 Å². The highest BCUT2D eigenvalue weighted by Crippen LogP contribution is 2.23. The second-order valence-electron chi connectivity index (χ2n) is 2.93. The average Bonchev–Trinajstić information content (AvgIpc) is 2.10. The highest BCUT2D eigenvalue weighted by Gasteiger charge is 2.38. The number of benzene rings is 1. The molecule has 1 N–H and O–H groups in total. The Morgan fingerprint density at radius 2 is 2.07 bits per heavy atom. The van der Waals surface area contributed by atoms with Gasteiger partial charge in [-0.1, -0.05) is 17.7 Å². The number of rotatable bonds is 3. The van der Waals surface area contributed by atoms with Crippen molar-refractivity contribution < 1.29 is 23.1 Å². The van der Waals surface area contributed by atoms with Gasteiger partial charge in [0.15, 0.2) is 0 Å². The summed E-state index contributed by atoms with van der Waals surface area (Å²) in [6.45, 7) is 0. The molecule has 1 aromatic rings. The molecule has 2 nitrogen and oxygen atoms in total. The molecule has 0 heterocycles. The molecule has 0 atom stereocenters. The normalized spacial score (nSPS) is 11.5. The topological polar surface area (TPSA) is 37.3 Å². The van der Waals surface area contributed by atoms with E-state index in [0.29, 0.717) is 0 Å². The van der Waals surface area contributed by atoms with Crippen molar-refractivity contribution >= 4 is 17.6 Å². The van der Waals surface area contributed by atoms with E-state index in [4.69, 9.17) is 16.7 Å². The summed E-state index contributed by atoms with van der Waals surface area (Å²) in [4.78, 5) is 10.1. The smallest absolute Gasteiger partial charge is 0.374 e. The summed E-state index contributed by atoms with van der Waals surface area (Å²) < 4.78 is 38.2. The van der Waals surface area contributed by atoms with Crippen molar-refractivity contribution in [2.24, 2.45) is 0 Å². The number of aliphatic carboxylic acids is 1. The molecular weight excluding hydrogens is 233 g/mol. The Hall–Kier alpha value is -1.23. The van der Waals surface area contributed by atoms with Crippen molar-refractivity contribution in [2.75, 3.05) is 0 Å². The monoisotopic (exact) mass is 238 g/mol. The first-order valence-electron chi connectivity index (χ1n) is 3.88. The zero-order chi connectivity index (χ0) is 11.6. The van der Waals surface area contributed by atoms with Crippen LogP contribution in [-0.2, 0) is 11.2 Å². The van der Waals surface area contributed by atoms with E-state index in [2.05, 4.69) is 0 Å². The molecule has 0 unspecified atom stereocenters. The zero-order valence-corrected chi connectivity index (χ0v) is 8.06. The van der Waals surface area contributed by atoms with Crippen LogP contribution in [0.5, 0.6) is 0 Å². The number of carboxylic acid groups (broad SMARTS) is 1. The third-order valence-electron chi connectivity index (χ3n) is 1.72. The van der Waals surface area contributed by atoms with Crippen molar-refractivity contribution in [3.63, 3.8) is 0 Å². The van der Waals surface area contributed by atoms with Crippen LogP contribution in [0.2, 0.25) is 5.02 Å². The SMILES string of the molecule is O=C(O)C(F)(F)Cc1ccc(Cl)c(F)c1. The number of alkyl halides is 2. The van der Waals surface area contributed by atoms with E-state index >= 15 is 0 Å². The molecule has 0 spiro atoms. The van der Waals surface area contributed by atoms with Gasteiger partial charge in [-0.2, -0.15) is 8.78 Å². The van der Waals surface area contributed by atoms with Gasteiger partial charge in [0.2, 0.25) is 0 Å². The van der Waals surface area contributed by atoms with Crippen LogP contribution < -0.4 is 0 Å². The van der Waals surface area contributed by atoms with Crippen LogP contribution in [0.4, 0.5) is 13.2 Å². The van der Waals surface area contributed by atoms with Crippen LogP contribution in [0.25, 0.3) is 0 Å². The molecule has 0 aliphatic carbocycles. The standard InChI is InChI=1S/C9H6ClF3O2/c10-6-2-1-5(3-7(6)11)4-9(12,13)8(14)15/h1-3H,4H2,(H,14,15). The first-order valence-corrected chi connectivity index (χ1v) is 4.26. The van der Waals surface area contributed by atoms with Gasteiger partial charge in [-0.15, -0.1) is 0 Å². The van der Waals surface area contributed by atoms with Crippen LogP contribution in [0.15, 0.2) is 18.2 Å². The second kappa shape index (κ2) is 4.10. The van der Waals surface area contributed by atoms with Gasteiger partial charge in [-0.3, -0.25) is 0 Å². The third kappa shape index (κ3) is 2.86. The van der Waals surface area contributed by atoms with Crippen molar-refractivity contribution in [3.8, 4) is 0 Å². The Labute approximate surface area is 88.3 Å². The summed E-state index contributed by atoms with van der Waals surface area (Å²) >= 11 is 5.34. The zero-order valence-electron chi connectivity index (χ0n) is 7.31. The molecular formula is C9H6ClF3O2. The fraction of sp³-hybridized carbons (Fsp3) is 0.222. The van der Waals surface area contributed by atoms with Crippen molar-refractivity contribution in [3.05, 3.63) is 34.6 Å². The maximum absolute atomic E-state index is 12.8. The molecule has 0 fully saturated rings. The van der Waals surface area contributed by atoms with Gasteiger partial charge in [-0.05, 0) is 17.7 Å². The van der Waals surface area contributed by atoms with E-state index in [1.54, 1.807) is 0 Å². The summed E-state index contributed by atoms with van der Waals surface area (Å²) in [7, 11) is 0. The van der Waals surface area contributed by atoms with Gasteiger partial charge >= 0.3 is 11.9 Å². The van der Waals surface area contributed by atoms with Gasteiger partial charge < -0.3 is 5.11 Å². The highest BCUT2D eigenvalue weighted by molar-refractivity contribution is 6.30. The second-order valence-corrected chi connectivity index (χ2v) is 3.34. The molecule has 0 aromatic heterocycles. The first-order chi connectivity index (χ1) is 6.83. The molecule has 1 aromatic carbocycles. The van der Waals surface area contributed by atoms with E-state index in [1.165, 1.54) is 0 Å². The number of hydrogen-bond donors (Lipinski definition) is 1. The maximum atomic E-state index is 12.8. The molecule has 15 heavy (non-hydrogen) atoms. The Morgan fingerprint density at radius 3 is 2.53 bits per heavy atom. The Morgan fingerprint density at radius 1 is 1.47 bits per heavy atom. The highest BCUT2D eigenvalue weighted by atomic mass is 35.5. The molecule has 6 heteroatoms. The van der Waals surface area contributed by atoms with Gasteiger partial charge in [0.1, 0.15) is 5.82 Å². The number of carboxylic acids is 1. The van der Waals surface area contributed by atoms with Crippen LogP contribution in [-0.4, -0.2) is 17.0 Å². The molecule has 82 valence electrons. The predicted octanol–water partition coefficient (Wildman–Crippen LogP) is 2.74. The molecule has 1 rings (SSSR count). The fourth-order valence-electron chi connectivity index (χ4n) is 0.982. The number of hydrogen-bond acceptors (Lipinski definition) is 1. The van der Waals surface area contributed by atoms with Gasteiger partial charge in [-0.25, -0.2) is 9.18 Å². The van der Waals surface area contributed by atoms with E-state index in [1.807, 2.05) is 0 Å². The largest absolute Gasteiger partial charge is 0.477 e. The van der Waals surface area contributed by atoms with Crippen molar-refractivity contribution in [2.45, 2.75) is 12.3 Å². The van der Waals surface area contributed by atoms with E-state index < -0.39 is 24.1 Å². The van der Waals surface area contributed by atoms with E-state index in [9.17, 15) is 18.0 Å². The molecule has 0 aliphatic rings. The Balaban J connectivity index is 2.91. The molecule has 0 amide bonds. The average molecular weight is 239 g/mol. The number of carbonyl (C=O) groups is 1. The summed E-state index contributed by atoms with van der Waals surface area (Å²) in [6, 6.07) is 3.05. The molecule has 0 bridgehead atoms. The Kier molecular flexibility index (Phi) is 3.24. The lowest BCUT2D eigenvalue weighted by Crippen LogP contribution is -2.30. The summed E-state index contributed by atoms with van der Waals surface area (Å²) in [6.07, 6.45) is -1.06. The van der Waals surface area contributed by atoms with Gasteiger partial charge in [0.05, 0.1) is 5.02 Å². The van der Waals surface area contributed by atoms with Crippen LogP contribution in [0.3, 0.4) is 0 Å². The third-order valence-corrected chi connectivity index (χ3v) is 2.03. The van der Waals surface area contributed by atoms with Crippen LogP contribution >= 0.6 is 11.6 Å². The minimum atomic E-state index is -3.90. The maximum Gasteiger partial charge on any atom is 0.374 e. The van der Waals surface area contributed by atoms with Crippen LogP contribution in [0.1, 0.15) is 5.56 Å². The van der Waals surface area contributed by atoms with Crippen LogP contribution in [0, 0.1) is 5.82 Å². The van der Waals surface area contributed by atoms with E-state index in [0.717, 1.165) is 18.2 Å². The molecule has 0 radical (unpaired) electrons. The number of halogens is 4. The summed E-state index contributed by atoms with van der Waals surface area (Å²) in [5, 5.41) is 7.96. The quantitative estimate of drug-likeness (QED) is 0.879. The Bertz CT molecular complexity index is 393. The predicted molar refractivity (Wildman–Crippen MR) is 47.7 cm³/mol. The summed E-state index contributed by atoms with van der Waals surface area (Å²) in [5.74, 6) is -6.99. The summed E-state index contributed by atoms with van der Waals surface area (Å²) in [5.41, 5.74) is -0.121. The lowest BCUT2D eigenvalue weighted by Gasteiger charge is -2.10. The molecule has 0 aliphatic heterocycles. The minimum Gasteiger partial charge on any atom is -0.477 e. The van der Waals surface area contributed by atoms with E-state index in [-0.39, 0.29) is 10.6 Å². The van der Waals surface area contributed by atoms with Crippen molar-refractivity contribution in [1.82, 2.24) is 0 Å². The lowest BCUT2D eigenvalue weighted by atomic mass is 10.1. The van der Waals surface area contributed by atoms with Crippen molar-refractivity contribution in [1.29, 1.82) is 0 Å².